The lowest BCUT2D eigenvalue weighted by Gasteiger charge is -2.25. The maximum atomic E-state index is 5.51. The molecule has 0 spiro atoms. The van der Waals surface area contributed by atoms with Crippen LogP contribution in [0.3, 0.4) is 0 Å². The maximum absolute atomic E-state index is 5.51. The number of nitrogens with two attached hydrogens (primary N) is 1. The zero-order valence-electron chi connectivity index (χ0n) is 7.91. The molecule has 0 saturated heterocycles. The van der Waals surface area contributed by atoms with Gasteiger partial charge in [0.1, 0.15) is 5.84 Å². The van der Waals surface area contributed by atoms with E-state index in [4.69, 9.17) is 5.84 Å². The average molecular weight is 181 g/mol. The van der Waals surface area contributed by atoms with Crippen molar-refractivity contribution in [3.63, 3.8) is 0 Å². The molecule has 0 radical (unpaired) electrons. The van der Waals surface area contributed by atoms with E-state index in [9.17, 15) is 0 Å². The monoisotopic (exact) mass is 181 g/mol. The molecular weight excluding hydrogens is 166 g/mol. The van der Waals surface area contributed by atoms with Gasteiger partial charge in [-0.05, 0) is 19.9 Å². The summed E-state index contributed by atoms with van der Waals surface area (Å²) in [7, 11) is 0. The summed E-state index contributed by atoms with van der Waals surface area (Å²) < 4.78 is 0. The summed E-state index contributed by atoms with van der Waals surface area (Å²) in [6.45, 7) is 7.63. The molecule has 0 unspecified atom stereocenters. The van der Waals surface area contributed by atoms with E-state index in [1.165, 1.54) is 5.23 Å². The number of nitrogens with zero attached hydrogens (tertiary/aromatic N) is 2. The third-order valence-corrected chi connectivity index (χ3v) is 1.39. The van der Waals surface area contributed by atoms with Gasteiger partial charge in [0, 0.05) is 12.1 Å². The first-order valence-electron chi connectivity index (χ1n) is 4.12. The van der Waals surface area contributed by atoms with E-state index < -0.39 is 0 Å². The van der Waals surface area contributed by atoms with Crippen LogP contribution in [0, 0.1) is 0 Å². The zero-order chi connectivity index (χ0) is 9.84. The van der Waals surface area contributed by atoms with Gasteiger partial charge in [-0.2, -0.15) is 0 Å². The van der Waals surface area contributed by atoms with Crippen LogP contribution in [0.2, 0.25) is 0 Å². The van der Waals surface area contributed by atoms with Gasteiger partial charge in [-0.15, -0.1) is 0 Å². The van der Waals surface area contributed by atoms with Crippen LogP contribution in [0.5, 0.6) is 0 Å². The molecule has 13 heavy (non-hydrogen) atoms. The number of rotatable bonds is 2. The SMILES string of the molecule is C=CC1=CC(=NC(C)C)NN(N)N1. The topological polar surface area (TPSA) is 65.7 Å². The molecule has 0 atom stereocenters. The highest BCUT2D eigenvalue weighted by atomic mass is 15.9. The molecule has 1 rings (SSSR count). The molecule has 0 saturated carbocycles. The number of hydrogen-bond acceptors (Lipinski definition) is 4. The van der Waals surface area contributed by atoms with Crippen LogP contribution in [-0.4, -0.2) is 17.1 Å². The van der Waals surface area contributed by atoms with Crippen molar-refractivity contribution in [2.24, 2.45) is 10.8 Å². The normalized spacial score (nSPS) is 20.9. The molecule has 0 aromatic rings. The van der Waals surface area contributed by atoms with Gasteiger partial charge in [-0.3, -0.25) is 15.8 Å². The molecule has 4 N–H and O–H groups in total. The number of nitrogens with one attached hydrogen (secondary N) is 2. The van der Waals surface area contributed by atoms with Gasteiger partial charge >= 0.3 is 0 Å². The Hall–Kier alpha value is -1.33. The second kappa shape index (κ2) is 4.06. The van der Waals surface area contributed by atoms with Crippen LogP contribution in [0.4, 0.5) is 0 Å². The van der Waals surface area contributed by atoms with Gasteiger partial charge < -0.3 is 0 Å². The lowest BCUT2D eigenvalue weighted by Crippen LogP contribution is -2.57. The number of aliphatic imine (C=N–C) groups is 1. The van der Waals surface area contributed by atoms with Gasteiger partial charge in [-0.25, -0.2) is 5.84 Å². The second-order valence-corrected chi connectivity index (χ2v) is 3.01. The van der Waals surface area contributed by atoms with E-state index in [0.29, 0.717) is 0 Å². The summed E-state index contributed by atoms with van der Waals surface area (Å²) in [5.74, 6) is 6.24. The van der Waals surface area contributed by atoms with Crippen LogP contribution < -0.4 is 16.7 Å². The fourth-order valence-corrected chi connectivity index (χ4v) is 0.951. The van der Waals surface area contributed by atoms with Crippen molar-refractivity contribution in [2.45, 2.75) is 19.9 Å². The molecule has 1 aliphatic heterocycles. The summed E-state index contributed by atoms with van der Waals surface area (Å²) in [5.41, 5.74) is 6.49. The maximum Gasteiger partial charge on any atom is 0.140 e. The molecule has 0 aromatic carbocycles. The number of allylic oxidation sites excluding steroid dienone is 1. The highest BCUT2D eigenvalue weighted by Crippen LogP contribution is 1.98. The minimum atomic E-state index is 0.233. The number of hydrogen-bond donors (Lipinski definition) is 3. The first-order chi connectivity index (χ1) is 6.11. The minimum absolute atomic E-state index is 0.233. The highest BCUT2D eigenvalue weighted by Gasteiger charge is 2.09. The lowest BCUT2D eigenvalue weighted by molar-refractivity contribution is 0.175. The predicted molar refractivity (Wildman–Crippen MR) is 53.1 cm³/mol. The van der Waals surface area contributed by atoms with Crippen LogP contribution >= 0.6 is 0 Å². The number of amidine groups is 1. The van der Waals surface area contributed by atoms with E-state index in [1.54, 1.807) is 6.08 Å². The third-order valence-electron chi connectivity index (χ3n) is 1.39. The Labute approximate surface area is 77.9 Å². The predicted octanol–water partition coefficient (Wildman–Crippen LogP) is 0.0617. The van der Waals surface area contributed by atoms with Crippen molar-refractivity contribution >= 4 is 5.84 Å². The summed E-state index contributed by atoms with van der Waals surface area (Å²) in [6.07, 6.45) is 3.52. The third kappa shape index (κ3) is 2.89. The van der Waals surface area contributed by atoms with Crippen molar-refractivity contribution < 1.29 is 0 Å². The summed E-state index contributed by atoms with van der Waals surface area (Å²) >= 11 is 0. The first kappa shape index (κ1) is 9.76. The average Bonchev–Trinajstić information content (AvgIpc) is 2.01. The van der Waals surface area contributed by atoms with Crippen LogP contribution in [0.25, 0.3) is 0 Å². The smallest absolute Gasteiger partial charge is 0.140 e. The Morgan fingerprint density at radius 3 is 2.85 bits per heavy atom. The van der Waals surface area contributed by atoms with Crippen molar-refractivity contribution in [3.05, 3.63) is 24.4 Å². The van der Waals surface area contributed by atoms with Crippen molar-refractivity contribution in [1.82, 2.24) is 16.1 Å². The molecule has 0 aromatic heterocycles. The standard InChI is InChI=1S/C8H15N5/c1-4-7-5-8(10-6(2)3)12-13(9)11-7/h4-6,11H,1,9H2,2-3H3,(H,10,12). The fourth-order valence-electron chi connectivity index (χ4n) is 0.951. The fraction of sp³-hybridized carbons (Fsp3) is 0.375. The second-order valence-electron chi connectivity index (χ2n) is 3.01. The summed E-state index contributed by atoms with van der Waals surface area (Å²) in [5, 5.41) is 1.25. The Morgan fingerprint density at radius 2 is 2.31 bits per heavy atom. The highest BCUT2D eigenvalue weighted by molar-refractivity contribution is 5.94. The summed E-state index contributed by atoms with van der Waals surface area (Å²) in [4.78, 5) is 4.30. The minimum Gasteiger partial charge on any atom is -0.287 e. The van der Waals surface area contributed by atoms with E-state index in [1.807, 2.05) is 19.9 Å². The van der Waals surface area contributed by atoms with Crippen LogP contribution in [-0.2, 0) is 0 Å². The molecule has 0 aliphatic carbocycles. The molecular formula is C8H15N5. The van der Waals surface area contributed by atoms with Crippen molar-refractivity contribution in [1.29, 1.82) is 0 Å². The molecule has 5 nitrogen and oxygen atoms in total. The van der Waals surface area contributed by atoms with Crippen molar-refractivity contribution in [2.75, 3.05) is 0 Å². The molecule has 0 fully saturated rings. The van der Waals surface area contributed by atoms with Gasteiger partial charge in [0.2, 0.25) is 0 Å². The molecule has 5 heteroatoms. The van der Waals surface area contributed by atoms with Crippen molar-refractivity contribution in [3.8, 4) is 0 Å². The summed E-state index contributed by atoms with van der Waals surface area (Å²) in [6, 6.07) is 0.233. The Kier molecular flexibility index (Phi) is 3.05. The molecule has 0 amide bonds. The van der Waals surface area contributed by atoms with Crippen LogP contribution in [0.1, 0.15) is 13.8 Å². The molecule has 0 bridgehead atoms. The largest absolute Gasteiger partial charge is 0.287 e. The van der Waals surface area contributed by atoms with E-state index in [2.05, 4.69) is 22.4 Å². The van der Waals surface area contributed by atoms with Gasteiger partial charge in [0.15, 0.2) is 0 Å². The Morgan fingerprint density at radius 1 is 1.62 bits per heavy atom. The van der Waals surface area contributed by atoms with E-state index >= 15 is 0 Å². The molecule has 1 heterocycles. The first-order valence-corrected chi connectivity index (χ1v) is 4.12. The van der Waals surface area contributed by atoms with Gasteiger partial charge in [0.25, 0.3) is 0 Å². The Balaban J connectivity index is 2.81. The van der Waals surface area contributed by atoms with Crippen LogP contribution in [0.15, 0.2) is 29.4 Å². The van der Waals surface area contributed by atoms with E-state index in [-0.39, 0.29) is 6.04 Å². The van der Waals surface area contributed by atoms with E-state index in [0.717, 1.165) is 11.5 Å². The van der Waals surface area contributed by atoms with Gasteiger partial charge in [0.05, 0.1) is 5.70 Å². The quantitative estimate of drug-likeness (QED) is 0.527. The molecule has 72 valence electrons. The zero-order valence-corrected chi connectivity index (χ0v) is 7.91. The Bertz CT molecular complexity index is 253. The number of hydrazine groups is 3. The van der Waals surface area contributed by atoms with Gasteiger partial charge in [-0.1, -0.05) is 11.8 Å². The molecule has 1 aliphatic rings. The lowest BCUT2D eigenvalue weighted by atomic mass is 10.3.